The van der Waals surface area contributed by atoms with Crippen molar-refractivity contribution in [3.05, 3.63) is 29.3 Å². The van der Waals surface area contributed by atoms with Crippen LogP contribution in [0.15, 0.2) is 23.8 Å². The van der Waals surface area contributed by atoms with Gasteiger partial charge in [-0.3, -0.25) is 23.4 Å². The Morgan fingerprint density at radius 2 is 1.98 bits per heavy atom. The number of anilines is 2. The first-order valence-corrected chi connectivity index (χ1v) is 15.7. The number of nitrogens with zero attached hydrogens (tertiary/aromatic N) is 7. The Balaban J connectivity index is 1.19. The van der Waals surface area contributed by atoms with Gasteiger partial charge in [0.1, 0.15) is 41.8 Å². The van der Waals surface area contributed by atoms with Gasteiger partial charge in [0.15, 0.2) is 22.6 Å². The van der Waals surface area contributed by atoms with Gasteiger partial charge >= 0.3 is 6.72 Å². The number of hydrogen-bond donors (Lipinski definition) is 6. The molecule has 0 aliphatic carbocycles. The molecule has 8 atom stereocenters. The van der Waals surface area contributed by atoms with Crippen molar-refractivity contribution < 1.29 is 37.7 Å². The number of H-pyrrole nitrogens is 1. The molecule has 0 spiro atoms. The average molecular weight is 649 g/mol. The molecule has 2 aliphatic heterocycles. The fourth-order valence-electron chi connectivity index (χ4n) is 4.78. The second-order valence-corrected chi connectivity index (χ2v) is 13.6. The minimum absolute atomic E-state index is 0.00671. The van der Waals surface area contributed by atoms with Crippen molar-refractivity contribution in [3.63, 3.8) is 0 Å². The van der Waals surface area contributed by atoms with Crippen LogP contribution in [-0.2, 0) is 25.6 Å². The molecule has 6 rings (SSSR count). The molecule has 17 nitrogen and oxygen atoms in total. The van der Waals surface area contributed by atoms with Crippen LogP contribution in [0.3, 0.4) is 0 Å². The normalized spacial score (nSPS) is 31.3. The number of fused-ring (bicyclic) bond motifs is 2. The highest BCUT2D eigenvalue weighted by Gasteiger charge is 2.52. The van der Waals surface area contributed by atoms with Gasteiger partial charge < -0.3 is 35.8 Å². The van der Waals surface area contributed by atoms with E-state index in [9.17, 15) is 19.9 Å². The maximum Gasteiger partial charge on any atom is 0.325 e. The number of aliphatic hydroxyl groups is 2. The molecule has 0 radical (unpaired) electrons. The third-order valence-electron chi connectivity index (χ3n) is 6.79. The second kappa shape index (κ2) is 10.7. The van der Waals surface area contributed by atoms with Gasteiger partial charge in [0.05, 0.1) is 37.5 Å². The topological polar surface area (TPSA) is 248 Å². The monoisotopic (exact) mass is 648 g/mol. The van der Waals surface area contributed by atoms with Gasteiger partial charge in [-0.15, -0.1) is 11.8 Å². The van der Waals surface area contributed by atoms with Crippen LogP contribution in [0.1, 0.15) is 18.0 Å². The maximum atomic E-state index is 15.4. The molecular weight excluding hydrogens is 625 g/mol. The van der Waals surface area contributed by atoms with Crippen molar-refractivity contribution in [2.45, 2.75) is 47.5 Å². The van der Waals surface area contributed by atoms with Crippen LogP contribution in [0.5, 0.6) is 0 Å². The first-order valence-electron chi connectivity index (χ1n) is 12.2. The lowest BCUT2D eigenvalue weighted by Gasteiger charge is -2.27. The van der Waals surface area contributed by atoms with E-state index in [0.717, 1.165) is 11.8 Å². The summed E-state index contributed by atoms with van der Waals surface area (Å²) >= 11 is 6.01. The molecule has 42 heavy (non-hydrogen) atoms. The molecule has 0 aromatic carbocycles. The van der Waals surface area contributed by atoms with E-state index in [1.54, 1.807) is 0 Å². The van der Waals surface area contributed by atoms with Crippen molar-refractivity contribution in [1.29, 1.82) is 0 Å². The summed E-state index contributed by atoms with van der Waals surface area (Å²) in [5, 5.41) is 18.1. The first-order chi connectivity index (χ1) is 19.9. The van der Waals surface area contributed by atoms with Crippen LogP contribution in [0.4, 0.5) is 20.5 Å². The van der Waals surface area contributed by atoms with Crippen molar-refractivity contribution >= 4 is 64.4 Å². The highest BCUT2D eigenvalue weighted by atomic mass is 32.5. The molecule has 2 aliphatic rings. The molecule has 4 aromatic rings. The SMILES string of the molecule is Nc1nc2c(ncn2[C@@H]2S[C@H](CO)[C@@H](F)[C@H]2OP(O)(=S)OC[C@H]2O[C@@H](n3cnc4c(N)ncnc43)C[C@]2(O)F)c(=O)[nH]1. The maximum absolute atomic E-state index is 15.4. The number of rotatable bonds is 8. The van der Waals surface area contributed by atoms with Gasteiger partial charge in [0, 0.05) is 0 Å². The standard InChI is InChI=1S/C20H23F2N10O7PS2/c21-10-7(2-33)42-18(32-6-28-12-16(32)29-19(24)30-17(12)34)13(10)39-40(36,41)37-3-8-20(22,35)1-9(38-8)31-5-27-11-14(23)25-4-26-15(11)31/h4-10,13,18,33,35H,1-3H2,(H,36,41)(H2,23,25,26)(H3,24,29,30,34)/t7-,8-,9-,10-,13-,18-,20-,40?/m1/s1. The number of alkyl halides is 2. The second-order valence-electron chi connectivity index (χ2n) is 9.49. The van der Waals surface area contributed by atoms with Crippen molar-refractivity contribution in [1.82, 2.24) is 39.0 Å². The van der Waals surface area contributed by atoms with Crippen LogP contribution < -0.4 is 17.0 Å². The highest BCUT2D eigenvalue weighted by molar-refractivity contribution is 8.07. The Morgan fingerprint density at radius 3 is 2.74 bits per heavy atom. The summed E-state index contributed by atoms with van der Waals surface area (Å²) in [6.45, 7) is -5.69. The van der Waals surface area contributed by atoms with Crippen LogP contribution >= 0.6 is 18.5 Å². The highest BCUT2D eigenvalue weighted by Crippen LogP contribution is 2.55. The molecule has 2 fully saturated rings. The summed E-state index contributed by atoms with van der Waals surface area (Å²) in [7, 11) is 0. The average Bonchev–Trinajstić information content (AvgIpc) is 3.67. The van der Waals surface area contributed by atoms with E-state index in [4.69, 9.17) is 37.1 Å². The molecule has 22 heteroatoms. The summed E-state index contributed by atoms with van der Waals surface area (Å²) < 4.78 is 49.7. The fourth-order valence-corrected chi connectivity index (χ4v) is 7.67. The molecular formula is C20H23F2N10O7PS2. The smallest absolute Gasteiger partial charge is 0.325 e. The van der Waals surface area contributed by atoms with Gasteiger partial charge in [-0.2, -0.15) is 4.98 Å². The number of ether oxygens (including phenoxy) is 1. The number of thioether (sulfide) groups is 1. The van der Waals surface area contributed by atoms with E-state index in [1.165, 1.54) is 28.1 Å². The Hall–Kier alpha value is -2.88. The first kappa shape index (κ1) is 29.2. The molecule has 0 bridgehead atoms. The number of halogens is 2. The van der Waals surface area contributed by atoms with Crippen LogP contribution in [0.25, 0.3) is 22.3 Å². The minimum Gasteiger partial charge on any atom is -0.395 e. The molecule has 2 saturated heterocycles. The van der Waals surface area contributed by atoms with Crippen LogP contribution in [-0.4, -0.2) is 96.8 Å². The third kappa shape index (κ3) is 5.13. The van der Waals surface area contributed by atoms with Crippen molar-refractivity contribution in [3.8, 4) is 0 Å². The summed E-state index contributed by atoms with van der Waals surface area (Å²) in [6, 6.07) is 0. The Bertz CT molecular complexity index is 1760. The Labute approximate surface area is 242 Å². The largest absolute Gasteiger partial charge is 0.395 e. The lowest BCUT2D eigenvalue weighted by molar-refractivity contribution is -0.148. The number of nitrogens with two attached hydrogens (primary N) is 2. The van der Waals surface area contributed by atoms with Gasteiger partial charge in [-0.05, 0) is 11.8 Å². The number of nitrogen functional groups attached to an aromatic ring is 2. The molecule has 6 heterocycles. The van der Waals surface area contributed by atoms with E-state index in [1.807, 2.05) is 0 Å². The molecule has 0 amide bonds. The van der Waals surface area contributed by atoms with Gasteiger partial charge in [0.25, 0.3) is 5.56 Å². The minimum atomic E-state index is -4.33. The van der Waals surface area contributed by atoms with Crippen molar-refractivity contribution in [2.75, 3.05) is 24.7 Å². The van der Waals surface area contributed by atoms with Crippen LogP contribution in [0.2, 0.25) is 0 Å². The number of nitrogens with one attached hydrogen (secondary N) is 1. The number of aromatic amines is 1. The lowest BCUT2D eigenvalue weighted by Crippen LogP contribution is -2.37. The van der Waals surface area contributed by atoms with E-state index in [0.29, 0.717) is 0 Å². The predicted molar refractivity (Wildman–Crippen MR) is 147 cm³/mol. The number of imidazole rings is 2. The van der Waals surface area contributed by atoms with Gasteiger partial charge in [0.2, 0.25) is 11.8 Å². The molecule has 8 N–H and O–H groups in total. The molecule has 4 aromatic heterocycles. The zero-order valence-electron chi connectivity index (χ0n) is 21.1. The number of aliphatic hydroxyl groups excluding tert-OH is 1. The zero-order chi connectivity index (χ0) is 30.0. The summed E-state index contributed by atoms with van der Waals surface area (Å²) in [5.41, 5.74) is 11.2. The summed E-state index contributed by atoms with van der Waals surface area (Å²) in [4.78, 5) is 45.4. The third-order valence-corrected chi connectivity index (χ3v) is 9.88. The quantitative estimate of drug-likeness (QED) is 0.133. The zero-order valence-corrected chi connectivity index (χ0v) is 23.6. The lowest BCUT2D eigenvalue weighted by atomic mass is 10.1. The Kier molecular flexibility index (Phi) is 7.43. The predicted octanol–water partition coefficient (Wildman–Crippen LogP) is -0.368. The van der Waals surface area contributed by atoms with Crippen molar-refractivity contribution in [2.24, 2.45) is 0 Å². The van der Waals surface area contributed by atoms with E-state index >= 15 is 8.78 Å². The number of hydrogen-bond acceptors (Lipinski definition) is 15. The van der Waals surface area contributed by atoms with E-state index in [2.05, 4.69) is 29.9 Å². The van der Waals surface area contributed by atoms with Gasteiger partial charge in [-0.25, -0.2) is 28.7 Å². The Morgan fingerprint density at radius 1 is 1.24 bits per heavy atom. The summed E-state index contributed by atoms with van der Waals surface area (Å²) in [5.74, 6) is -3.05. The van der Waals surface area contributed by atoms with E-state index in [-0.39, 0.29) is 34.1 Å². The molecule has 1 unspecified atom stereocenters. The number of aromatic nitrogens is 8. The van der Waals surface area contributed by atoms with Gasteiger partial charge in [-0.1, -0.05) is 0 Å². The molecule has 226 valence electrons. The van der Waals surface area contributed by atoms with Crippen LogP contribution in [0, 0.1) is 0 Å². The molecule has 0 saturated carbocycles. The fraction of sp³-hybridized carbons (Fsp3) is 0.500. The van der Waals surface area contributed by atoms with E-state index < -0.39 is 73.0 Å². The summed E-state index contributed by atoms with van der Waals surface area (Å²) in [6.07, 6.45) is -2.97.